The van der Waals surface area contributed by atoms with Gasteiger partial charge in [-0.15, -0.1) is 0 Å². The first kappa shape index (κ1) is 18.7. The number of hydrogen-bond acceptors (Lipinski definition) is 5. The van der Waals surface area contributed by atoms with E-state index in [-0.39, 0.29) is 11.4 Å². The monoisotopic (exact) mass is 382 g/mol. The number of carbonyl (C=O) groups excluding carboxylic acids is 1. The quantitative estimate of drug-likeness (QED) is 0.521. The van der Waals surface area contributed by atoms with Crippen molar-refractivity contribution >= 4 is 32.9 Å². The minimum absolute atomic E-state index is 0.135. The molecule has 8 heteroatoms. The van der Waals surface area contributed by atoms with Gasteiger partial charge in [-0.2, -0.15) is 9.41 Å². The van der Waals surface area contributed by atoms with Gasteiger partial charge in [0.1, 0.15) is 0 Å². The maximum atomic E-state index is 12.7. The molecule has 0 aliphatic rings. The fraction of sp³-hybridized carbons (Fsp3) is 0.105. The van der Waals surface area contributed by atoms with Crippen molar-refractivity contribution < 1.29 is 13.2 Å². The number of sulfonamides is 1. The fourth-order valence-corrected chi connectivity index (χ4v) is 3.62. The van der Waals surface area contributed by atoms with E-state index < -0.39 is 15.9 Å². The number of amides is 1. The second-order valence-corrected chi connectivity index (χ2v) is 7.89. The molecule has 3 aromatic rings. The van der Waals surface area contributed by atoms with E-state index in [1.165, 1.54) is 19.3 Å². The molecule has 0 saturated heterocycles. The van der Waals surface area contributed by atoms with Crippen LogP contribution in [0.5, 0.6) is 0 Å². The van der Waals surface area contributed by atoms with Crippen molar-refractivity contribution in [2.75, 3.05) is 13.6 Å². The number of likely N-dealkylation sites (N-methyl/N-ethyl adjacent to an activating group) is 1. The molecule has 3 rings (SSSR count). The number of carbonyl (C=O) groups is 1. The molecule has 0 bridgehead atoms. The van der Waals surface area contributed by atoms with Gasteiger partial charge in [0.05, 0.1) is 17.7 Å². The summed E-state index contributed by atoms with van der Waals surface area (Å²) >= 11 is 0. The summed E-state index contributed by atoms with van der Waals surface area (Å²) in [5.41, 5.74) is 3.03. The molecular formula is C19H18N4O3S. The predicted octanol–water partition coefficient (Wildman–Crippen LogP) is 2.01. The Kier molecular flexibility index (Phi) is 5.58. The van der Waals surface area contributed by atoms with Crippen LogP contribution < -0.4 is 5.43 Å². The smallest absolute Gasteiger partial charge is 0.255 e. The topological polar surface area (TPSA) is 91.7 Å². The number of nitrogens with zero attached hydrogens (tertiary/aromatic N) is 3. The maximum absolute atomic E-state index is 12.7. The summed E-state index contributed by atoms with van der Waals surface area (Å²) in [5, 5.41) is 5.57. The Hall–Kier alpha value is -3.10. The average Bonchev–Trinajstić information content (AvgIpc) is 2.68. The van der Waals surface area contributed by atoms with Crippen LogP contribution in [0.25, 0.3) is 10.8 Å². The van der Waals surface area contributed by atoms with Crippen LogP contribution in [0.15, 0.2) is 77.0 Å². The Morgan fingerprint density at radius 2 is 1.93 bits per heavy atom. The number of hydrazone groups is 1. The molecule has 0 saturated carbocycles. The van der Waals surface area contributed by atoms with Crippen LogP contribution in [-0.2, 0) is 14.8 Å². The molecule has 1 amide bonds. The molecule has 0 aliphatic carbocycles. The van der Waals surface area contributed by atoms with Gasteiger partial charge in [0, 0.05) is 25.0 Å². The summed E-state index contributed by atoms with van der Waals surface area (Å²) in [6, 6.07) is 15.9. The Labute approximate surface area is 157 Å². The van der Waals surface area contributed by atoms with Crippen molar-refractivity contribution in [1.29, 1.82) is 0 Å². The summed E-state index contributed by atoms with van der Waals surface area (Å²) in [4.78, 5) is 16.0. The van der Waals surface area contributed by atoms with E-state index in [9.17, 15) is 13.2 Å². The number of nitrogens with one attached hydrogen (secondary N) is 1. The van der Waals surface area contributed by atoms with Gasteiger partial charge >= 0.3 is 0 Å². The molecule has 0 spiro atoms. The number of rotatable bonds is 6. The van der Waals surface area contributed by atoms with Crippen LogP contribution in [-0.4, -0.2) is 43.4 Å². The number of fused-ring (bicyclic) bond motifs is 1. The highest BCUT2D eigenvalue weighted by molar-refractivity contribution is 7.89. The molecule has 0 radical (unpaired) electrons. The van der Waals surface area contributed by atoms with E-state index >= 15 is 0 Å². The molecular weight excluding hydrogens is 364 g/mol. The molecule has 27 heavy (non-hydrogen) atoms. The maximum Gasteiger partial charge on any atom is 0.255 e. The third kappa shape index (κ3) is 4.55. The van der Waals surface area contributed by atoms with E-state index in [2.05, 4.69) is 15.5 Å². The fourth-order valence-electron chi connectivity index (χ4n) is 2.46. The summed E-state index contributed by atoms with van der Waals surface area (Å²) < 4.78 is 26.4. The molecule has 7 nitrogen and oxygen atoms in total. The van der Waals surface area contributed by atoms with Crippen LogP contribution >= 0.6 is 0 Å². The van der Waals surface area contributed by atoms with E-state index in [4.69, 9.17) is 0 Å². The van der Waals surface area contributed by atoms with Gasteiger partial charge in [-0.1, -0.05) is 36.4 Å². The van der Waals surface area contributed by atoms with Crippen molar-refractivity contribution in [3.8, 4) is 0 Å². The summed E-state index contributed by atoms with van der Waals surface area (Å²) in [6.45, 7) is -0.348. The average molecular weight is 382 g/mol. The van der Waals surface area contributed by atoms with Crippen LogP contribution in [0.3, 0.4) is 0 Å². The SMILES string of the molecule is CN(CC(=O)NN=Cc1cccnc1)S(=O)(=O)c1ccc2ccccc2c1. The van der Waals surface area contributed by atoms with Crippen LogP contribution in [0.1, 0.15) is 5.56 Å². The highest BCUT2D eigenvalue weighted by atomic mass is 32.2. The Morgan fingerprint density at radius 1 is 1.15 bits per heavy atom. The highest BCUT2D eigenvalue weighted by Gasteiger charge is 2.23. The Balaban J connectivity index is 1.67. The zero-order chi connectivity index (χ0) is 19.3. The van der Waals surface area contributed by atoms with E-state index in [0.29, 0.717) is 0 Å². The molecule has 0 atom stereocenters. The lowest BCUT2D eigenvalue weighted by Crippen LogP contribution is -2.36. The van der Waals surface area contributed by atoms with Gasteiger partial charge < -0.3 is 0 Å². The summed E-state index contributed by atoms with van der Waals surface area (Å²) in [5.74, 6) is -0.540. The molecule has 1 heterocycles. The van der Waals surface area contributed by atoms with Gasteiger partial charge in [-0.05, 0) is 29.0 Å². The molecule has 0 aliphatic heterocycles. The van der Waals surface area contributed by atoms with Gasteiger partial charge in [-0.25, -0.2) is 13.8 Å². The van der Waals surface area contributed by atoms with Gasteiger partial charge in [-0.3, -0.25) is 9.78 Å². The Morgan fingerprint density at radius 3 is 2.67 bits per heavy atom. The molecule has 0 unspecified atom stereocenters. The normalized spacial score (nSPS) is 11.9. The van der Waals surface area contributed by atoms with Crippen molar-refractivity contribution in [2.45, 2.75) is 4.90 Å². The second kappa shape index (κ2) is 8.07. The summed E-state index contributed by atoms with van der Waals surface area (Å²) in [6.07, 6.45) is 4.65. The van der Waals surface area contributed by atoms with E-state index in [1.54, 1.807) is 36.7 Å². The van der Waals surface area contributed by atoms with E-state index in [0.717, 1.165) is 20.6 Å². The van der Waals surface area contributed by atoms with Crippen molar-refractivity contribution in [1.82, 2.24) is 14.7 Å². The third-order valence-electron chi connectivity index (χ3n) is 3.88. The first-order valence-electron chi connectivity index (χ1n) is 8.14. The van der Waals surface area contributed by atoms with Crippen molar-refractivity contribution in [2.24, 2.45) is 5.10 Å². The lowest BCUT2D eigenvalue weighted by molar-refractivity contribution is -0.121. The van der Waals surface area contributed by atoms with E-state index in [1.807, 2.05) is 24.3 Å². The molecule has 1 N–H and O–H groups in total. The van der Waals surface area contributed by atoms with Gasteiger partial charge in [0.2, 0.25) is 10.0 Å². The number of benzene rings is 2. The predicted molar refractivity (Wildman–Crippen MR) is 104 cm³/mol. The van der Waals surface area contributed by atoms with Gasteiger partial charge in [0.15, 0.2) is 0 Å². The lowest BCUT2D eigenvalue weighted by atomic mass is 10.1. The zero-order valence-corrected chi connectivity index (χ0v) is 15.4. The minimum atomic E-state index is -3.79. The lowest BCUT2D eigenvalue weighted by Gasteiger charge is -2.16. The number of aromatic nitrogens is 1. The van der Waals surface area contributed by atoms with Gasteiger partial charge in [0.25, 0.3) is 5.91 Å². The van der Waals surface area contributed by atoms with Crippen LogP contribution in [0, 0.1) is 0 Å². The molecule has 0 fully saturated rings. The van der Waals surface area contributed by atoms with Crippen LogP contribution in [0.4, 0.5) is 0 Å². The third-order valence-corrected chi connectivity index (χ3v) is 5.68. The second-order valence-electron chi connectivity index (χ2n) is 5.85. The number of hydrogen-bond donors (Lipinski definition) is 1. The van der Waals surface area contributed by atoms with Crippen molar-refractivity contribution in [3.63, 3.8) is 0 Å². The standard InChI is InChI=1S/C19H18N4O3S/c1-23(14-19(24)22-21-13-15-5-4-10-20-12-15)27(25,26)18-9-8-16-6-2-3-7-17(16)11-18/h2-13H,14H2,1H3,(H,22,24). The first-order valence-corrected chi connectivity index (χ1v) is 9.58. The Bertz CT molecular complexity index is 1080. The summed E-state index contributed by atoms with van der Waals surface area (Å²) in [7, 11) is -2.44. The number of pyridine rings is 1. The zero-order valence-electron chi connectivity index (χ0n) is 14.6. The van der Waals surface area contributed by atoms with Crippen LogP contribution in [0.2, 0.25) is 0 Å². The molecule has 2 aromatic carbocycles. The first-order chi connectivity index (χ1) is 13.0. The minimum Gasteiger partial charge on any atom is -0.272 e. The van der Waals surface area contributed by atoms with Crippen molar-refractivity contribution in [3.05, 3.63) is 72.6 Å². The molecule has 1 aromatic heterocycles. The largest absolute Gasteiger partial charge is 0.272 e. The molecule has 138 valence electrons. The highest BCUT2D eigenvalue weighted by Crippen LogP contribution is 2.21.